The van der Waals surface area contributed by atoms with Gasteiger partial charge in [0.05, 0.1) is 0 Å². The molecule has 0 saturated carbocycles. The average Bonchev–Trinajstić information content (AvgIpc) is 1.87. The van der Waals surface area contributed by atoms with E-state index in [1.807, 2.05) is 0 Å². The Hall–Kier alpha value is -0.840. The molecular formula is C5H10N2O2S. The second kappa shape index (κ2) is 4.05. The van der Waals surface area contributed by atoms with Gasteiger partial charge in [-0.3, -0.25) is 4.79 Å². The molecule has 0 unspecified atom stereocenters. The summed E-state index contributed by atoms with van der Waals surface area (Å²) in [6, 6.07) is 0. The zero-order chi connectivity index (χ0) is 8.15. The third-order valence-corrected chi connectivity index (χ3v) is 1.23. The Labute approximate surface area is 64.5 Å². The molecule has 0 aromatic carbocycles. The van der Waals surface area contributed by atoms with E-state index < -0.39 is 11.8 Å². The Kier molecular flexibility index (Phi) is 3.71. The Morgan fingerprint density at radius 1 is 1.80 bits per heavy atom. The second-order valence-corrected chi connectivity index (χ2v) is 2.04. The van der Waals surface area contributed by atoms with Crippen LogP contribution in [-0.2, 0) is 4.79 Å². The van der Waals surface area contributed by atoms with E-state index in [2.05, 4.69) is 17.9 Å². The normalized spacial score (nSPS) is 12.2. The Balaban J connectivity index is 4.09. The van der Waals surface area contributed by atoms with Crippen LogP contribution in [0.15, 0.2) is 10.8 Å². The van der Waals surface area contributed by atoms with Crippen LogP contribution in [0.5, 0.6) is 0 Å². The first-order valence-corrected chi connectivity index (χ1v) is 3.20. The van der Waals surface area contributed by atoms with E-state index in [1.54, 1.807) is 6.92 Å². The van der Waals surface area contributed by atoms with Crippen molar-refractivity contribution in [1.82, 2.24) is 5.32 Å². The fourth-order valence-corrected chi connectivity index (χ4v) is 0.440. The molecule has 4 nitrogen and oxygen atoms in total. The lowest BCUT2D eigenvalue weighted by Gasteiger charge is -2.00. The third kappa shape index (κ3) is 2.63. The number of nitrogens with two attached hydrogens (primary N) is 1. The lowest BCUT2D eigenvalue weighted by Crippen LogP contribution is -2.24. The number of carbonyl (C=O) groups excluding carboxylic acids is 1. The highest BCUT2D eigenvalue weighted by Crippen LogP contribution is 2.00. The van der Waals surface area contributed by atoms with Crippen LogP contribution in [0.3, 0.4) is 0 Å². The number of carbonyl (C=O) groups is 1. The summed E-state index contributed by atoms with van der Waals surface area (Å²) >= 11 is 3.65. The maximum absolute atomic E-state index is 10.7. The predicted molar refractivity (Wildman–Crippen MR) is 41.5 cm³/mol. The van der Waals surface area contributed by atoms with Crippen LogP contribution in [0.25, 0.3) is 0 Å². The SMILES string of the molecule is CCNC(=O)/C(S)=C(/N)O. The third-order valence-electron chi connectivity index (χ3n) is 0.795. The molecule has 0 aromatic rings. The first kappa shape index (κ1) is 9.16. The summed E-state index contributed by atoms with van der Waals surface area (Å²) < 4.78 is 0. The fourth-order valence-electron chi connectivity index (χ4n) is 0.361. The molecule has 0 spiro atoms. The van der Waals surface area contributed by atoms with E-state index in [0.717, 1.165) is 0 Å². The summed E-state index contributed by atoms with van der Waals surface area (Å²) in [5.74, 6) is -1.03. The molecule has 0 heterocycles. The predicted octanol–water partition coefficient (Wildman–Crippen LogP) is -0.262. The number of aliphatic hydroxyl groups is 1. The van der Waals surface area contributed by atoms with Crippen molar-refractivity contribution in [3.05, 3.63) is 10.8 Å². The number of amides is 1. The summed E-state index contributed by atoms with van der Waals surface area (Å²) in [7, 11) is 0. The summed E-state index contributed by atoms with van der Waals surface area (Å²) in [6.07, 6.45) is 0. The van der Waals surface area contributed by atoms with Crippen LogP contribution in [0.1, 0.15) is 6.92 Å². The largest absolute Gasteiger partial charge is 0.494 e. The average molecular weight is 162 g/mol. The Bertz CT molecular complexity index is 163. The molecule has 58 valence electrons. The van der Waals surface area contributed by atoms with Gasteiger partial charge in [-0.1, -0.05) is 0 Å². The summed E-state index contributed by atoms with van der Waals surface area (Å²) in [4.78, 5) is 10.5. The monoisotopic (exact) mass is 162 g/mol. The molecule has 10 heavy (non-hydrogen) atoms. The van der Waals surface area contributed by atoms with Gasteiger partial charge in [-0.2, -0.15) is 0 Å². The Morgan fingerprint density at radius 2 is 2.30 bits per heavy atom. The molecule has 0 aromatic heterocycles. The fraction of sp³-hybridized carbons (Fsp3) is 0.400. The van der Waals surface area contributed by atoms with Gasteiger partial charge in [0.15, 0.2) is 0 Å². The van der Waals surface area contributed by atoms with E-state index in [4.69, 9.17) is 10.8 Å². The quantitative estimate of drug-likeness (QED) is 0.257. The molecule has 0 rings (SSSR count). The van der Waals surface area contributed by atoms with E-state index in [9.17, 15) is 4.79 Å². The minimum absolute atomic E-state index is 0.151. The highest BCUT2D eigenvalue weighted by atomic mass is 32.1. The van der Waals surface area contributed by atoms with Crippen molar-refractivity contribution in [2.75, 3.05) is 6.54 Å². The molecule has 4 N–H and O–H groups in total. The van der Waals surface area contributed by atoms with Gasteiger partial charge in [0.25, 0.3) is 5.91 Å². The lowest BCUT2D eigenvalue weighted by atomic mass is 10.5. The molecule has 0 aliphatic heterocycles. The standard InChI is InChI=1S/C5H10N2O2S/c1-2-7-5(9)3(10)4(6)8/h8,10H,2,6H2,1H3,(H,7,9)/b4-3+. The topological polar surface area (TPSA) is 75.4 Å². The molecule has 0 saturated heterocycles. The molecule has 0 bridgehead atoms. The van der Waals surface area contributed by atoms with Crippen LogP contribution < -0.4 is 11.1 Å². The summed E-state index contributed by atoms with van der Waals surface area (Å²) in [6.45, 7) is 2.24. The van der Waals surface area contributed by atoms with Crippen LogP contribution >= 0.6 is 12.6 Å². The van der Waals surface area contributed by atoms with Crippen molar-refractivity contribution < 1.29 is 9.90 Å². The van der Waals surface area contributed by atoms with Crippen LogP contribution in [0, 0.1) is 0 Å². The molecule has 0 aliphatic rings. The molecular weight excluding hydrogens is 152 g/mol. The maximum atomic E-state index is 10.7. The highest BCUT2D eigenvalue weighted by molar-refractivity contribution is 7.85. The number of aliphatic hydroxyl groups excluding tert-OH is 1. The zero-order valence-electron chi connectivity index (χ0n) is 5.59. The van der Waals surface area contributed by atoms with E-state index in [-0.39, 0.29) is 4.91 Å². The molecule has 5 heteroatoms. The Morgan fingerprint density at radius 3 is 2.60 bits per heavy atom. The van der Waals surface area contributed by atoms with Gasteiger partial charge in [-0.15, -0.1) is 12.6 Å². The summed E-state index contributed by atoms with van der Waals surface area (Å²) in [5.41, 5.74) is 4.87. The van der Waals surface area contributed by atoms with Crippen LogP contribution in [0.4, 0.5) is 0 Å². The first-order chi connectivity index (χ1) is 4.59. The van der Waals surface area contributed by atoms with Crippen molar-refractivity contribution in [1.29, 1.82) is 0 Å². The number of thiol groups is 1. The minimum Gasteiger partial charge on any atom is -0.494 e. The van der Waals surface area contributed by atoms with Crippen molar-refractivity contribution in [2.24, 2.45) is 5.73 Å². The molecule has 1 amide bonds. The van der Waals surface area contributed by atoms with E-state index in [0.29, 0.717) is 6.54 Å². The van der Waals surface area contributed by atoms with Crippen molar-refractivity contribution >= 4 is 18.5 Å². The van der Waals surface area contributed by atoms with Crippen molar-refractivity contribution in [3.8, 4) is 0 Å². The van der Waals surface area contributed by atoms with Crippen molar-refractivity contribution in [2.45, 2.75) is 6.92 Å². The summed E-state index contributed by atoms with van der Waals surface area (Å²) in [5, 5.41) is 11.0. The molecule has 0 atom stereocenters. The number of hydrogen-bond donors (Lipinski definition) is 4. The van der Waals surface area contributed by atoms with Gasteiger partial charge in [0.1, 0.15) is 4.91 Å². The second-order valence-electron chi connectivity index (χ2n) is 1.59. The zero-order valence-corrected chi connectivity index (χ0v) is 6.48. The number of rotatable bonds is 2. The first-order valence-electron chi connectivity index (χ1n) is 2.75. The molecule has 0 aliphatic carbocycles. The van der Waals surface area contributed by atoms with Crippen LogP contribution in [-0.4, -0.2) is 17.6 Å². The lowest BCUT2D eigenvalue weighted by molar-refractivity contribution is -0.116. The minimum atomic E-state index is -0.561. The maximum Gasteiger partial charge on any atom is 0.262 e. The number of nitrogens with one attached hydrogen (secondary N) is 1. The van der Waals surface area contributed by atoms with Gasteiger partial charge < -0.3 is 16.2 Å². The van der Waals surface area contributed by atoms with E-state index in [1.165, 1.54) is 0 Å². The highest BCUT2D eigenvalue weighted by Gasteiger charge is 2.06. The van der Waals surface area contributed by atoms with Crippen LogP contribution in [0.2, 0.25) is 0 Å². The smallest absolute Gasteiger partial charge is 0.262 e. The molecule has 0 fully saturated rings. The van der Waals surface area contributed by atoms with Gasteiger partial charge in [-0.05, 0) is 6.92 Å². The number of likely N-dealkylation sites (N-methyl/N-ethyl adjacent to an activating group) is 1. The van der Waals surface area contributed by atoms with Gasteiger partial charge >= 0.3 is 0 Å². The van der Waals surface area contributed by atoms with Gasteiger partial charge in [-0.25, -0.2) is 0 Å². The number of hydrogen-bond acceptors (Lipinski definition) is 4. The van der Waals surface area contributed by atoms with Gasteiger partial charge in [0.2, 0.25) is 5.88 Å². The van der Waals surface area contributed by atoms with Gasteiger partial charge in [0, 0.05) is 6.54 Å². The molecule has 0 radical (unpaired) electrons. The van der Waals surface area contributed by atoms with Crippen molar-refractivity contribution in [3.63, 3.8) is 0 Å². The van der Waals surface area contributed by atoms with E-state index >= 15 is 0 Å².